The van der Waals surface area contributed by atoms with E-state index in [4.69, 9.17) is 9.11 Å². The van der Waals surface area contributed by atoms with Crippen LogP contribution in [0.2, 0.25) is 0 Å². The quantitative estimate of drug-likeness (QED) is 0.576. The largest absolute Gasteiger partial charge is 2.00 e. The van der Waals surface area contributed by atoms with Crippen LogP contribution in [-0.4, -0.2) is 49.0 Å². The molecule has 0 saturated carbocycles. The van der Waals surface area contributed by atoms with E-state index in [0.717, 1.165) is 18.2 Å². The van der Waals surface area contributed by atoms with Gasteiger partial charge in [0.25, 0.3) is 20.2 Å². The summed E-state index contributed by atoms with van der Waals surface area (Å²) >= 11 is 0. The molecule has 6 nitrogen and oxygen atoms in total. The van der Waals surface area contributed by atoms with Crippen LogP contribution in [0.15, 0.2) is 34.1 Å². The predicted molar refractivity (Wildman–Crippen MR) is 54.0 cm³/mol. The fourth-order valence-corrected chi connectivity index (χ4v) is 1.92. The summed E-state index contributed by atoms with van der Waals surface area (Å²) < 4.78 is 59.5. The summed E-state index contributed by atoms with van der Waals surface area (Å²) in [5.74, 6) is 0. The molecule has 1 aromatic rings. The molecule has 0 atom stereocenters. The summed E-state index contributed by atoms with van der Waals surface area (Å²) in [5.41, 5.74) is 0. The molecule has 1 aromatic carbocycles. The summed E-state index contributed by atoms with van der Waals surface area (Å²) in [7, 11) is -8.92. The van der Waals surface area contributed by atoms with Crippen LogP contribution in [0.25, 0.3) is 0 Å². The summed E-state index contributed by atoms with van der Waals surface area (Å²) in [4.78, 5) is -1.18. The summed E-state index contributed by atoms with van der Waals surface area (Å²) in [5, 5.41) is 0. The summed E-state index contributed by atoms with van der Waals surface area (Å²) in [6, 6.07) is 3.75. The molecular formula is C6H8MgO6S2. The molecule has 0 aliphatic carbocycles. The molecule has 15 heavy (non-hydrogen) atoms. The molecule has 0 radical (unpaired) electrons. The topological polar surface area (TPSA) is 109 Å². The van der Waals surface area contributed by atoms with Gasteiger partial charge in [-0.3, -0.25) is 9.11 Å². The van der Waals surface area contributed by atoms with Gasteiger partial charge in [0.05, 0.1) is 9.79 Å². The van der Waals surface area contributed by atoms with Crippen molar-refractivity contribution in [3.05, 3.63) is 24.3 Å². The second-order valence-corrected chi connectivity index (χ2v) is 5.27. The van der Waals surface area contributed by atoms with Crippen molar-refractivity contribution >= 4 is 43.3 Å². The molecular weight excluding hydrogens is 256 g/mol. The van der Waals surface area contributed by atoms with E-state index in [-0.39, 0.29) is 25.9 Å². The van der Waals surface area contributed by atoms with E-state index in [9.17, 15) is 16.8 Å². The molecule has 0 aliphatic heterocycles. The third-order valence-electron chi connectivity index (χ3n) is 1.40. The van der Waals surface area contributed by atoms with Gasteiger partial charge in [0.1, 0.15) is 0 Å². The van der Waals surface area contributed by atoms with Gasteiger partial charge in [-0.1, -0.05) is 6.07 Å². The average Bonchev–Trinajstić information content (AvgIpc) is 2.01. The van der Waals surface area contributed by atoms with Crippen LogP contribution in [-0.2, 0) is 20.2 Å². The molecule has 2 N–H and O–H groups in total. The number of benzene rings is 1. The van der Waals surface area contributed by atoms with Gasteiger partial charge >= 0.3 is 23.1 Å². The number of hydrogen-bond donors (Lipinski definition) is 2. The Kier molecular flexibility index (Phi) is 4.70. The molecule has 0 spiro atoms. The fourth-order valence-electron chi connectivity index (χ4n) is 0.795. The van der Waals surface area contributed by atoms with Crippen molar-refractivity contribution in [3.8, 4) is 0 Å². The molecule has 1 rings (SSSR count). The molecule has 9 heteroatoms. The van der Waals surface area contributed by atoms with Crippen LogP contribution in [0.1, 0.15) is 2.85 Å². The first-order chi connectivity index (χ1) is 6.21. The van der Waals surface area contributed by atoms with Crippen LogP contribution in [0, 0.1) is 0 Å². The van der Waals surface area contributed by atoms with E-state index in [2.05, 4.69) is 0 Å². The van der Waals surface area contributed by atoms with Crippen LogP contribution in [0.5, 0.6) is 0 Å². The maximum Gasteiger partial charge on any atom is 2.00 e. The van der Waals surface area contributed by atoms with Crippen molar-refractivity contribution in [1.29, 1.82) is 0 Å². The number of rotatable bonds is 2. The molecule has 0 aromatic heterocycles. The van der Waals surface area contributed by atoms with Gasteiger partial charge in [-0.15, -0.1) is 0 Å². The smallest absolute Gasteiger partial charge is 1.00 e. The SMILES string of the molecule is O=S(=O)(O)c1cccc(S(=O)(=O)O)c1.[H-].[H-].[Mg+2]. The van der Waals surface area contributed by atoms with Crippen molar-refractivity contribution in [2.45, 2.75) is 9.79 Å². The van der Waals surface area contributed by atoms with Gasteiger partial charge in [-0.25, -0.2) is 0 Å². The maximum absolute atomic E-state index is 10.6. The van der Waals surface area contributed by atoms with E-state index in [1.165, 1.54) is 0 Å². The number of hydrogen-bond acceptors (Lipinski definition) is 4. The average molecular weight is 265 g/mol. The Morgan fingerprint density at radius 3 is 1.53 bits per heavy atom. The molecule has 0 saturated heterocycles. The molecule has 0 bridgehead atoms. The van der Waals surface area contributed by atoms with Gasteiger partial charge in [0.15, 0.2) is 0 Å². The second kappa shape index (κ2) is 4.76. The zero-order valence-corrected chi connectivity index (χ0v) is 10.4. The van der Waals surface area contributed by atoms with E-state index in [0.29, 0.717) is 6.07 Å². The Bertz CT molecular complexity index is 508. The zero-order valence-electron chi connectivity index (χ0n) is 9.36. The van der Waals surface area contributed by atoms with Crippen molar-refractivity contribution in [2.24, 2.45) is 0 Å². The van der Waals surface area contributed by atoms with Crippen molar-refractivity contribution in [3.63, 3.8) is 0 Å². The third kappa shape index (κ3) is 4.05. The fraction of sp³-hybridized carbons (Fsp3) is 0. The Morgan fingerprint density at radius 1 is 0.933 bits per heavy atom. The molecule has 0 heterocycles. The predicted octanol–water partition coefficient (Wildman–Crippen LogP) is 0.0242. The van der Waals surface area contributed by atoms with Gasteiger partial charge < -0.3 is 2.85 Å². The zero-order chi connectivity index (χ0) is 11.0. The summed E-state index contributed by atoms with van der Waals surface area (Å²) in [6.45, 7) is 0. The normalized spacial score (nSPS) is 11.9. The van der Waals surface area contributed by atoms with Gasteiger partial charge in [-0.2, -0.15) is 16.8 Å². The first-order valence-electron chi connectivity index (χ1n) is 3.26. The minimum atomic E-state index is -4.46. The summed E-state index contributed by atoms with van der Waals surface area (Å²) in [6.07, 6.45) is 0. The van der Waals surface area contributed by atoms with Crippen molar-refractivity contribution in [1.82, 2.24) is 0 Å². The van der Waals surface area contributed by atoms with Gasteiger partial charge in [0.2, 0.25) is 0 Å². The molecule has 0 aliphatic rings. The third-order valence-corrected chi connectivity index (χ3v) is 3.10. The minimum Gasteiger partial charge on any atom is -1.00 e. The Morgan fingerprint density at radius 2 is 1.27 bits per heavy atom. The Labute approximate surface area is 106 Å². The van der Waals surface area contributed by atoms with Crippen LogP contribution in [0.4, 0.5) is 0 Å². The minimum absolute atomic E-state index is 0. The van der Waals surface area contributed by atoms with Crippen LogP contribution >= 0.6 is 0 Å². The molecule has 82 valence electrons. The standard InChI is InChI=1S/C6H6O6S2.Mg.2H/c7-13(8,9)5-2-1-3-6(4-5)14(10,11)12;;;/h1-4H,(H,7,8,9)(H,10,11,12);;;/q;+2;2*-1. The Balaban J connectivity index is -0.000000653. The molecule has 0 fully saturated rings. The molecule has 0 unspecified atom stereocenters. The van der Waals surface area contributed by atoms with Crippen LogP contribution < -0.4 is 0 Å². The van der Waals surface area contributed by atoms with E-state index in [1.54, 1.807) is 0 Å². The second-order valence-electron chi connectivity index (χ2n) is 2.42. The monoisotopic (exact) mass is 264 g/mol. The van der Waals surface area contributed by atoms with Crippen molar-refractivity contribution < 1.29 is 28.8 Å². The van der Waals surface area contributed by atoms with E-state index in [1.807, 2.05) is 0 Å². The van der Waals surface area contributed by atoms with Crippen LogP contribution in [0.3, 0.4) is 0 Å². The first-order valence-corrected chi connectivity index (χ1v) is 6.14. The molecule has 0 amide bonds. The Hall–Kier alpha value is -0.194. The first kappa shape index (κ1) is 14.8. The van der Waals surface area contributed by atoms with E-state index < -0.39 is 30.0 Å². The van der Waals surface area contributed by atoms with Gasteiger partial charge in [-0.05, 0) is 18.2 Å². The van der Waals surface area contributed by atoms with Crippen molar-refractivity contribution in [2.75, 3.05) is 0 Å². The van der Waals surface area contributed by atoms with Gasteiger partial charge in [0, 0.05) is 0 Å². The van der Waals surface area contributed by atoms with E-state index >= 15 is 0 Å². The maximum atomic E-state index is 10.6.